The maximum absolute atomic E-state index is 11.4. The molecule has 0 bridgehead atoms. The van der Waals surface area contributed by atoms with Crippen molar-refractivity contribution < 1.29 is 19.5 Å². The third kappa shape index (κ3) is 4.95. The number of hydrogen-bond donors (Lipinski definition) is 4. The summed E-state index contributed by atoms with van der Waals surface area (Å²) in [6.45, 7) is 1.19. The van der Waals surface area contributed by atoms with E-state index in [-0.39, 0.29) is 42.0 Å². The Kier molecular flexibility index (Phi) is 8.97. The normalized spacial score (nSPS) is 10.1. The monoisotopic (exact) mass is 484 g/mol. The largest absolute Gasteiger partial charge is 0.339 e. The van der Waals surface area contributed by atoms with Crippen molar-refractivity contribution in [3.05, 3.63) is 54.3 Å². The average Bonchev–Trinajstić information content (AvgIpc) is 3.44. The zero-order valence-electron chi connectivity index (χ0n) is 17.7. The molecule has 31 heavy (non-hydrogen) atoms. The van der Waals surface area contributed by atoms with Crippen LogP contribution in [-0.4, -0.2) is 51.3 Å². The molecule has 14 nitrogen and oxygen atoms in total. The molecular formula is C16H24N10O4Zn. The molecule has 0 unspecified atom stereocenters. The Hall–Kier alpha value is -3.16. The van der Waals surface area contributed by atoms with Gasteiger partial charge in [0.2, 0.25) is 0 Å². The van der Waals surface area contributed by atoms with Crippen molar-refractivity contribution in [3.8, 4) is 0 Å². The van der Waals surface area contributed by atoms with Crippen LogP contribution in [0.3, 0.4) is 0 Å². The van der Waals surface area contributed by atoms with Crippen molar-refractivity contribution in [2.75, 3.05) is 13.1 Å². The van der Waals surface area contributed by atoms with Crippen LogP contribution in [0, 0.1) is 0 Å². The number of nitrogens with zero attached hydrogens (tertiary/aromatic N) is 6. The van der Waals surface area contributed by atoms with Gasteiger partial charge in [-0.05, 0) is 0 Å². The van der Waals surface area contributed by atoms with Crippen molar-refractivity contribution in [1.29, 1.82) is 0 Å². The first-order valence-corrected chi connectivity index (χ1v) is 8.75. The standard InChI is InChI=1S/2C7H8N4O2.C2H8N2.Zn/c2*1-10-5-4(8-3-9-5)6(12)11(2)7(10)13;3-1-2-4;/h2*3H,1-2H3,(H,8,9);1-4H2;. The summed E-state index contributed by atoms with van der Waals surface area (Å²) in [5.41, 5.74) is 9.83. The summed E-state index contributed by atoms with van der Waals surface area (Å²) in [6.07, 6.45) is 2.79. The van der Waals surface area contributed by atoms with Gasteiger partial charge in [-0.15, -0.1) is 0 Å². The number of H-pyrrole nitrogens is 2. The van der Waals surface area contributed by atoms with Gasteiger partial charge in [-0.1, -0.05) is 0 Å². The van der Waals surface area contributed by atoms with E-state index in [9.17, 15) is 19.2 Å². The van der Waals surface area contributed by atoms with Crippen molar-refractivity contribution in [2.24, 2.45) is 39.7 Å². The third-order valence-corrected chi connectivity index (χ3v) is 4.23. The Morgan fingerprint density at radius 1 is 0.710 bits per heavy atom. The number of hydrogen-bond acceptors (Lipinski definition) is 8. The smallest absolute Gasteiger partial charge is 0.332 e. The van der Waals surface area contributed by atoms with E-state index in [4.69, 9.17) is 11.5 Å². The summed E-state index contributed by atoms with van der Waals surface area (Å²) in [4.78, 5) is 58.8. The Bertz CT molecular complexity index is 1300. The molecular weight excluding hydrogens is 462 g/mol. The van der Waals surface area contributed by atoms with Crippen LogP contribution >= 0.6 is 0 Å². The number of fused-ring (bicyclic) bond motifs is 2. The van der Waals surface area contributed by atoms with Gasteiger partial charge in [0.05, 0.1) is 12.7 Å². The SMILES string of the molecule is Cn1c(=O)c2[nH]cnc2n(C)c1=O.Cn1c(=O)c2[nH]cnc2n(C)c1=O.NCCN.[Zn]. The molecule has 15 heteroatoms. The maximum atomic E-state index is 11.4. The Balaban J connectivity index is 0.000000258. The van der Waals surface area contributed by atoms with Gasteiger partial charge in [0.1, 0.15) is 11.0 Å². The van der Waals surface area contributed by atoms with Crippen LogP contribution in [0.15, 0.2) is 31.8 Å². The molecule has 0 spiro atoms. The molecule has 4 aromatic heterocycles. The van der Waals surface area contributed by atoms with E-state index in [0.29, 0.717) is 35.4 Å². The van der Waals surface area contributed by atoms with E-state index < -0.39 is 0 Å². The van der Waals surface area contributed by atoms with Gasteiger partial charge in [0.25, 0.3) is 11.1 Å². The van der Waals surface area contributed by atoms with Crippen molar-refractivity contribution in [2.45, 2.75) is 0 Å². The predicted octanol–water partition coefficient (Wildman–Crippen LogP) is -3.18. The number of nitrogens with one attached hydrogen (secondary N) is 2. The topological polar surface area (TPSA) is 197 Å². The minimum atomic E-state index is -0.371. The molecule has 4 heterocycles. The summed E-state index contributed by atoms with van der Waals surface area (Å²) in [7, 11) is 6.02. The Morgan fingerprint density at radius 3 is 1.32 bits per heavy atom. The van der Waals surface area contributed by atoms with E-state index >= 15 is 0 Å². The number of imidazole rings is 2. The predicted molar refractivity (Wildman–Crippen MR) is 111 cm³/mol. The first-order chi connectivity index (χ1) is 14.2. The molecule has 6 N–H and O–H groups in total. The van der Waals surface area contributed by atoms with E-state index in [1.165, 1.54) is 35.9 Å². The van der Waals surface area contributed by atoms with Crippen LogP contribution in [0.1, 0.15) is 0 Å². The summed E-state index contributed by atoms with van der Waals surface area (Å²) in [5.74, 6) is 0. The molecule has 0 aromatic carbocycles. The summed E-state index contributed by atoms with van der Waals surface area (Å²) in [5, 5.41) is 0. The van der Waals surface area contributed by atoms with Crippen molar-refractivity contribution in [1.82, 2.24) is 38.2 Å². The fourth-order valence-electron chi connectivity index (χ4n) is 2.54. The third-order valence-electron chi connectivity index (χ3n) is 4.23. The molecule has 0 aliphatic rings. The number of nitrogens with two attached hydrogens (primary N) is 2. The van der Waals surface area contributed by atoms with E-state index in [1.807, 2.05) is 0 Å². The summed E-state index contributed by atoms with van der Waals surface area (Å²) in [6, 6.07) is 0. The summed E-state index contributed by atoms with van der Waals surface area (Å²) < 4.78 is 4.74. The van der Waals surface area contributed by atoms with Crippen LogP contribution in [0.25, 0.3) is 22.3 Å². The van der Waals surface area contributed by atoms with Gasteiger partial charge in [-0.3, -0.25) is 27.9 Å². The number of aromatic nitrogens is 8. The summed E-state index contributed by atoms with van der Waals surface area (Å²) >= 11 is 0. The fourth-order valence-corrected chi connectivity index (χ4v) is 2.54. The first kappa shape index (κ1) is 25.9. The molecule has 164 valence electrons. The molecule has 0 aliphatic heterocycles. The van der Waals surface area contributed by atoms with Crippen LogP contribution in [0.4, 0.5) is 0 Å². The molecule has 4 rings (SSSR count). The maximum Gasteiger partial charge on any atom is 0.332 e. The van der Waals surface area contributed by atoms with Gasteiger partial charge in [0.15, 0.2) is 11.3 Å². The van der Waals surface area contributed by atoms with Crippen LogP contribution in [0.5, 0.6) is 0 Å². The number of aromatic amines is 2. The molecule has 0 amide bonds. The molecule has 0 fully saturated rings. The molecule has 4 aromatic rings. The zero-order valence-corrected chi connectivity index (χ0v) is 20.7. The molecule has 0 aliphatic carbocycles. The van der Waals surface area contributed by atoms with E-state index in [1.54, 1.807) is 14.1 Å². The van der Waals surface area contributed by atoms with Gasteiger partial charge in [-0.2, -0.15) is 0 Å². The van der Waals surface area contributed by atoms with Gasteiger partial charge < -0.3 is 21.4 Å². The zero-order chi connectivity index (χ0) is 22.6. The Morgan fingerprint density at radius 2 is 1.03 bits per heavy atom. The van der Waals surface area contributed by atoms with Crippen LogP contribution < -0.4 is 34.0 Å². The second kappa shape index (κ2) is 10.7. The second-order valence-electron chi connectivity index (χ2n) is 6.19. The Labute approximate surface area is 187 Å². The van der Waals surface area contributed by atoms with Crippen LogP contribution in [-0.2, 0) is 47.7 Å². The number of rotatable bonds is 1. The second-order valence-corrected chi connectivity index (χ2v) is 6.19. The fraction of sp³-hybridized carbons (Fsp3) is 0.375. The number of aryl methyl sites for hydroxylation is 2. The minimum Gasteiger partial charge on any atom is -0.339 e. The molecule has 0 saturated heterocycles. The van der Waals surface area contributed by atoms with Gasteiger partial charge in [0, 0.05) is 60.8 Å². The van der Waals surface area contributed by atoms with E-state index in [0.717, 1.165) is 9.13 Å². The molecule has 0 radical (unpaired) electrons. The molecule has 0 atom stereocenters. The van der Waals surface area contributed by atoms with Crippen molar-refractivity contribution >= 4 is 22.3 Å². The van der Waals surface area contributed by atoms with Gasteiger partial charge >= 0.3 is 11.4 Å². The molecule has 0 saturated carbocycles. The first-order valence-electron chi connectivity index (χ1n) is 8.75. The van der Waals surface area contributed by atoms with Gasteiger partial charge in [-0.25, -0.2) is 19.6 Å². The quantitative estimate of drug-likeness (QED) is 0.202. The van der Waals surface area contributed by atoms with E-state index in [2.05, 4.69) is 19.9 Å². The average molecular weight is 486 g/mol. The van der Waals surface area contributed by atoms with Crippen LogP contribution in [0.2, 0.25) is 0 Å². The minimum absolute atomic E-state index is 0. The van der Waals surface area contributed by atoms with Crippen molar-refractivity contribution in [3.63, 3.8) is 0 Å².